The molecule has 1 heterocycles. The van der Waals surface area contributed by atoms with E-state index in [0.717, 1.165) is 10.6 Å². The van der Waals surface area contributed by atoms with Gasteiger partial charge in [0.25, 0.3) is 0 Å². The van der Waals surface area contributed by atoms with Crippen molar-refractivity contribution in [2.24, 2.45) is 4.99 Å². The summed E-state index contributed by atoms with van der Waals surface area (Å²) in [6.45, 7) is 0. The Kier molecular flexibility index (Phi) is 2.20. The van der Waals surface area contributed by atoms with Gasteiger partial charge in [-0.05, 0) is 28.7 Å². The van der Waals surface area contributed by atoms with Crippen LogP contribution in [0.3, 0.4) is 0 Å². The molecule has 0 atom stereocenters. The summed E-state index contributed by atoms with van der Waals surface area (Å²) < 4.78 is 22.1. The summed E-state index contributed by atoms with van der Waals surface area (Å²) in [4.78, 5) is 4.13. The minimum absolute atomic E-state index is 0.141. The molecule has 0 bridgehead atoms. The fraction of sp³-hybridized carbons (Fsp3) is 0. The lowest BCUT2D eigenvalue weighted by molar-refractivity contribution is 0.627. The van der Waals surface area contributed by atoms with Crippen LogP contribution in [-0.4, -0.2) is 13.4 Å². The first-order chi connectivity index (χ1) is 6.20. The summed E-state index contributed by atoms with van der Waals surface area (Å²) in [5.74, 6) is 0. The topological polar surface area (TPSA) is 46.5 Å². The maximum Gasteiger partial charge on any atom is 0.241 e. The standard InChI is InChI=1S/C8H4INO2S/c9-7-5-3-1-2-4-6(5)10-8(7)13(11)12/h1-4H. The Labute approximate surface area is 89.5 Å². The predicted molar refractivity (Wildman–Crippen MR) is 58.6 cm³/mol. The number of halogens is 1. The van der Waals surface area contributed by atoms with Gasteiger partial charge in [0.15, 0.2) is 4.99 Å². The summed E-state index contributed by atoms with van der Waals surface area (Å²) >= 11 is 1.99. The van der Waals surface area contributed by atoms with Crippen LogP contribution in [0, 0.1) is 0 Å². The van der Waals surface area contributed by atoms with Crippen LogP contribution in [0.4, 0.5) is 0 Å². The summed E-state index contributed by atoms with van der Waals surface area (Å²) in [5, 5.41) is 1.62. The van der Waals surface area contributed by atoms with E-state index < -0.39 is 10.3 Å². The van der Waals surface area contributed by atoms with E-state index in [9.17, 15) is 8.42 Å². The molecule has 0 aliphatic carbocycles. The minimum Gasteiger partial charge on any atom is -0.231 e. The highest BCUT2D eigenvalue weighted by atomic mass is 127. The molecule has 3 nitrogen and oxygen atoms in total. The Bertz CT molecular complexity index is 608. The number of nitrogens with zero attached hydrogens (tertiary/aromatic N) is 1. The summed E-state index contributed by atoms with van der Waals surface area (Å²) in [6, 6.07) is 7.36. The van der Waals surface area contributed by atoms with Gasteiger partial charge in [-0.2, -0.15) is 8.42 Å². The minimum atomic E-state index is -2.24. The molecule has 0 N–H and O–H groups in total. The maximum atomic E-state index is 10.7. The number of hydrogen-bond acceptors (Lipinski definition) is 2. The van der Waals surface area contributed by atoms with Crippen LogP contribution in [0.2, 0.25) is 0 Å². The molecule has 0 amide bonds. The van der Waals surface area contributed by atoms with Gasteiger partial charge in [0.2, 0.25) is 10.3 Å². The average Bonchev–Trinajstić information content (AvgIpc) is 2.45. The van der Waals surface area contributed by atoms with Crippen LogP contribution in [0.1, 0.15) is 0 Å². The SMILES string of the molecule is O=S(=O)=C1N=c2ccccc2=C1I. The molecule has 0 spiro atoms. The Balaban J connectivity index is 3.05. The molecule has 1 aliphatic heterocycles. The van der Waals surface area contributed by atoms with Crippen molar-refractivity contribution in [3.05, 3.63) is 34.8 Å². The summed E-state index contributed by atoms with van der Waals surface area (Å²) in [7, 11) is -2.24. The lowest BCUT2D eigenvalue weighted by atomic mass is 10.3. The van der Waals surface area contributed by atoms with Gasteiger partial charge in [0, 0.05) is 5.22 Å². The van der Waals surface area contributed by atoms with Crippen molar-refractivity contribution >= 4 is 41.5 Å². The highest BCUT2D eigenvalue weighted by Gasteiger charge is 2.11. The van der Waals surface area contributed by atoms with Gasteiger partial charge in [0.1, 0.15) is 0 Å². The molecule has 0 fully saturated rings. The summed E-state index contributed by atoms with van der Waals surface area (Å²) in [6.07, 6.45) is 0. The second-order valence-corrected chi connectivity index (χ2v) is 4.42. The molecular weight excluding hydrogens is 301 g/mol. The second-order valence-electron chi connectivity index (χ2n) is 2.48. The number of benzene rings is 1. The normalized spacial score (nSPS) is 13.9. The van der Waals surface area contributed by atoms with Crippen molar-refractivity contribution in [1.82, 2.24) is 0 Å². The lowest BCUT2D eigenvalue weighted by Gasteiger charge is -1.83. The van der Waals surface area contributed by atoms with Gasteiger partial charge in [0.05, 0.1) is 8.94 Å². The molecule has 1 aromatic rings. The van der Waals surface area contributed by atoms with E-state index in [-0.39, 0.29) is 4.99 Å². The fourth-order valence-electron chi connectivity index (χ4n) is 1.14. The van der Waals surface area contributed by atoms with E-state index >= 15 is 0 Å². The van der Waals surface area contributed by atoms with E-state index in [2.05, 4.69) is 4.99 Å². The molecule has 0 radical (unpaired) electrons. The molecule has 0 unspecified atom stereocenters. The van der Waals surface area contributed by atoms with E-state index in [1.54, 1.807) is 6.07 Å². The fourth-order valence-corrected chi connectivity index (χ4v) is 2.69. The van der Waals surface area contributed by atoms with Crippen molar-refractivity contribution in [1.29, 1.82) is 0 Å². The van der Waals surface area contributed by atoms with E-state index in [1.165, 1.54) is 0 Å². The smallest absolute Gasteiger partial charge is 0.231 e. The number of rotatable bonds is 0. The zero-order valence-corrected chi connectivity index (χ0v) is 9.33. The molecule has 1 aliphatic rings. The molecule has 1 aromatic carbocycles. The zero-order chi connectivity index (χ0) is 9.42. The molecule has 5 heteroatoms. The molecule has 0 saturated carbocycles. The molecule has 66 valence electrons. The first kappa shape index (κ1) is 8.89. The Hall–Kier alpha value is -0.690. The van der Waals surface area contributed by atoms with Crippen LogP contribution in [0.15, 0.2) is 29.3 Å². The quantitative estimate of drug-likeness (QED) is 0.495. The van der Waals surface area contributed by atoms with Gasteiger partial charge >= 0.3 is 0 Å². The molecule has 13 heavy (non-hydrogen) atoms. The molecule has 0 aromatic heterocycles. The third-order valence-electron chi connectivity index (χ3n) is 1.71. The van der Waals surface area contributed by atoms with E-state index in [1.807, 2.05) is 40.8 Å². The third kappa shape index (κ3) is 1.42. The molecular formula is C8H4INO2S. The summed E-state index contributed by atoms with van der Waals surface area (Å²) in [5.41, 5.74) is 0. The van der Waals surface area contributed by atoms with Crippen LogP contribution in [-0.2, 0) is 10.3 Å². The molecule has 2 rings (SSSR count). The van der Waals surface area contributed by atoms with Gasteiger partial charge in [-0.25, -0.2) is 4.99 Å². The van der Waals surface area contributed by atoms with Crippen molar-refractivity contribution in [2.75, 3.05) is 0 Å². The van der Waals surface area contributed by atoms with Crippen molar-refractivity contribution in [3.63, 3.8) is 0 Å². The molecule has 0 saturated heterocycles. The largest absolute Gasteiger partial charge is 0.241 e. The average molecular weight is 305 g/mol. The lowest BCUT2D eigenvalue weighted by Crippen LogP contribution is -2.20. The van der Waals surface area contributed by atoms with Crippen molar-refractivity contribution < 1.29 is 8.42 Å². The second kappa shape index (κ2) is 3.22. The van der Waals surface area contributed by atoms with Gasteiger partial charge in [-0.3, -0.25) is 0 Å². The van der Waals surface area contributed by atoms with Crippen LogP contribution in [0.25, 0.3) is 3.58 Å². The van der Waals surface area contributed by atoms with E-state index in [0.29, 0.717) is 3.58 Å². The third-order valence-corrected chi connectivity index (χ3v) is 3.78. The zero-order valence-electron chi connectivity index (χ0n) is 6.36. The van der Waals surface area contributed by atoms with Crippen LogP contribution >= 0.6 is 22.6 Å². The van der Waals surface area contributed by atoms with Crippen molar-refractivity contribution in [3.8, 4) is 0 Å². The van der Waals surface area contributed by atoms with Crippen molar-refractivity contribution in [2.45, 2.75) is 0 Å². The highest BCUT2D eigenvalue weighted by molar-refractivity contribution is 14.1. The monoisotopic (exact) mass is 305 g/mol. The van der Waals surface area contributed by atoms with Gasteiger partial charge < -0.3 is 0 Å². The van der Waals surface area contributed by atoms with Gasteiger partial charge in [-0.15, -0.1) is 0 Å². The van der Waals surface area contributed by atoms with E-state index in [4.69, 9.17) is 0 Å². The highest BCUT2D eigenvalue weighted by Crippen LogP contribution is 2.09. The number of hydrogen-bond donors (Lipinski definition) is 0. The Morgan fingerprint density at radius 1 is 1.23 bits per heavy atom. The first-order valence-corrected chi connectivity index (χ1v) is 5.65. The van der Waals surface area contributed by atoms with Crippen LogP contribution in [0.5, 0.6) is 0 Å². The first-order valence-electron chi connectivity index (χ1n) is 3.50. The number of para-hydroxylation sites is 1. The Morgan fingerprint density at radius 2 is 1.92 bits per heavy atom. The Morgan fingerprint density at radius 3 is 2.54 bits per heavy atom. The predicted octanol–water partition coefficient (Wildman–Crippen LogP) is -0.128. The number of fused-ring (bicyclic) bond motifs is 1. The van der Waals surface area contributed by atoms with Crippen LogP contribution < -0.4 is 10.6 Å². The van der Waals surface area contributed by atoms with Gasteiger partial charge in [-0.1, -0.05) is 18.2 Å². The maximum absolute atomic E-state index is 10.7.